The molecule has 0 aliphatic carbocycles. The van der Waals surface area contributed by atoms with E-state index in [1.807, 2.05) is 0 Å². The molecule has 0 aliphatic heterocycles. The highest BCUT2D eigenvalue weighted by molar-refractivity contribution is 7.92. The summed E-state index contributed by atoms with van der Waals surface area (Å²) in [4.78, 5) is 11.2. The third-order valence-electron chi connectivity index (χ3n) is 3.15. The number of halogens is 1. The largest absolute Gasteiger partial charge is 0.478 e. The van der Waals surface area contributed by atoms with E-state index in [1.54, 1.807) is 26.0 Å². The number of benzene rings is 2. The number of hydrogen-bond acceptors (Lipinski definition) is 3. The Bertz CT molecular complexity index is 847. The van der Waals surface area contributed by atoms with Crippen LogP contribution in [0.15, 0.2) is 41.3 Å². The molecule has 0 aromatic heterocycles. The predicted octanol–water partition coefficient (Wildman–Crippen LogP) is 3.46. The van der Waals surface area contributed by atoms with Crippen molar-refractivity contribution in [2.24, 2.45) is 0 Å². The van der Waals surface area contributed by atoms with Crippen molar-refractivity contribution in [1.29, 1.82) is 0 Å². The fourth-order valence-corrected chi connectivity index (χ4v) is 3.61. The van der Waals surface area contributed by atoms with E-state index in [-0.39, 0.29) is 16.1 Å². The molecular formula is C15H14ClNO4S. The van der Waals surface area contributed by atoms with Crippen LogP contribution in [0.25, 0.3) is 0 Å². The normalized spacial score (nSPS) is 11.2. The van der Waals surface area contributed by atoms with Crippen molar-refractivity contribution in [3.8, 4) is 0 Å². The average molecular weight is 340 g/mol. The van der Waals surface area contributed by atoms with Crippen LogP contribution in [0.4, 0.5) is 5.69 Å². The standard InChI is InChI=1S/C15H14ClNO4S/c1-9-8-14(10(2)7-12(9)16)22(20,21)17-13-6-4-3-5-11(13)15(18)19/h3-8,17H,1-2H3,(H,18,19). The first-order chi connectivity index (χ1) is 10.2. The van der Waals surface area contributed by atoms with Gasteiger partial charge in [0.15, 0.2) is 0 Å². The van der Waals surface area contributed by atoms with Gasteiger partial charge >= 0.3 is 5.97 Å². The Morgan fingerprint density at radius 1 is 1.14 bits per heavy atom. The maximum atomic E-state index is 12.5. The van der Waals surface area contributed by atoms with E-state index >= 15 is 0 Å². The molecule has 0 unspecified atom stereocenters. The van der Waals surface area contributed by atoms with Crippen LogP contribution in [0, 0.1) is 13.8 Å². The van der Waals surface area contributed by atoms with Gasteiger partial charge in [-0.1, -0.05) is 23.7 Å². The van der Waals surface area contributed by atoms with Crippen molar-refractivity contribution >= 4 is 33.3 Å². The van der Waals surface area contributed by atoms with Crippen molar-refractivity contribution in [1.82, 2.24) is 0 Å². The Morgan fingerprint density at radius 2 is 1.77 bits per heavy atom. The molecule has 0 saturated carbocycles. The molecule has 116 valence electrons. The quantitative estimate of drug-likeness (QED) is 0.893. The summed E-state index contributed by atoms with van der Waals surface area (Å²) in [5.74, 6) is -1.21. The number of nitrogens with one attached hydrogen (secondary N) is 1. The molecule has 7 heteroatoms. The molecule has 2 rings (SSSR count). The van der Waals surface area contributed by atoms with Crippen LogP contribution >= 0.6 is 11.6 Å². The zero-order chi connectivity index (χ0) is 16.5. The minimum atomic E-state index is -3.91. The first kappa shape index (κ1) is 16.3. The number of rotatable bonds is 4. The maximum Gasteiger partial charge on any atom is 0.337 e. The summed E-state index contributed by atoms with van der Waals surface area (Å²) in [6, 6.07) is 8.85. The molecule has 5 nitrogen and oxygen atoms in total. The lowest BCUT2D eigenvalue weighted by molar-refractivity contribution is 0.0698. The summed E-state index contributed by atoms with van der Waals surface area (Å²) in [6.07, 6.45) is 0. The number of carboxylic acid groups (broad SMARTS) is 1. The first-order valence-corrected chi connectivity index (χ1v) is 8.20. The molecule has 2 N–H and O–H groups in total. The number of aromatic carboxylic acids is 1. The molecule has 0 atom stereocenters. The summed E-state index contributed by atoms with van der Waals surface area (Å²) >= 11 is 5.97. The second-order valence-corrected chi connectivity index (χ2v) is 6.88. The number of para-hydroxylation sites is 1. The van der Waals surface area contributed by atoms with E-state index in [4.69, 9.17) is 16.7 Å². The Labute approximate surface area is 133 Å². The molecule has 0 radical (unpaired) electrons. The number of sulfonamides is 1. The van der Waals surface area contributed by atoms with Gasteiger partial charge in [-0.25, -0.2) is 13.2 Å². The fraction of sp³-hybridized carbons (Fsp3) is 0.133. The lowest BCUT2D eigenvalue weighted by Crippen LogP contribution is -2.16. The highest BCUT2D eigenvalue weighted by atomic mass is 35.5. The smallest absolute Gasteiger partial charge is 0.337 e. The fourth-order valence-electron chi connectivity index (χ4n) is 2.00. The summed E-state index contributed by atoms with van der Waals surface area (Å²) in [6.45, 7) is 3.33. The monoisotopic (exact) mass is 339 g/mol. The zero-order valence-electron chi connectivity index (χ0n) is 11.9. The van der Waals surface area contributed by atoms with Crippen LogP contribution in [0.3, 0.4) is 0 Å². The highest BCUT2D eigenvalue weighted by Gasteiger charge is 2.21. The van der Waals surface area contributed by atoms with Crippen molar-refractivity contribution in [2.45, 2.75) is 18.7 Å². The molecular weight excluding hydrogens is 326 g/mol. The van der Waals surface area contributed by atoms with Crippen LogP contribution in [0.2, 0.25) is 5.02 Å². The molecule has 0 aliphatic rings. The number of hydrogen-bond donors (Lipinski definition) is 2. The Hall–Kier alpha value is -2.05. The maximum absolute atomic E-state index is 12.5. The molecule has 0 saturated heterocycles. The molecule has 2 aromatic rings. The summed E-state index contributed by atoms with van der Waals surface area (Å²) < 4.78 is 27.3. The zero-order valence-corrected chi connectivity index (χ0v) is 13.5. The topological polar surface area (TPSA) is 83.5 Å². The van der Waals surface area contributed by atoms with Gasteiger partial charge in [0.05, 0.1) is 16.1 Å². The van der Waals surface area contributed by atoms with Crippen molar-refractivity contribution in [3.05, 3.63) is 58.1 Å². The minimum Gasteiger partial charge on any atom is -0.478 e. The van der Waals surface area contributed by atoms with Gasteiger partial charge in [-0.3, -0.25) is 4.72 Å². The minimum absolute atomic E-state index is 0.0157. The third kappa shape index (κ3) is 3.23. The second-order valence-electron chi connectivity index (χ2n) is 4.82. The van der Waals surface area contributed by atoms with E-state index in [0.29, 0.717) is 16.1 Å². The Morgan fingerprint density at radius 3 is 2.41 bits per heavy atom. The summed E-state index contributed by atoms with van der Waals surface area (Å²) in [7, 11) is -3.91. The van der Waals surface area contributed by atoms with Crippen LogP contribution in [-0.2, 0) is 10.0 Å². The number of carbonyl (C=O) groups is 1. The van der Waals surface area contributed by atoms with Gasteiger partial charge in [0.2, 0.25) is 0 Å². The number of anilines is 1. The third-order valence-corrected chi connectivity index (χ3v) is 5.06. The summed E-state index contributed by atoms with van der Waals surface area (Å²) in [5.41, 5.74) is 1.01. The average Bonchev–Trinajstić information content (AvgIpc) is 2.42. The van der Waals surface area contributed by atoms with E-state index in [9.17, 15) is 13.2 Å². The molecule has 0 bridgehead atoms. The molecule has 0 amide bonds. The van der Waals surface area contributed by atoms with Crippen LogP contribution in [0.1, 0.15) is 21.5 Å². The second kappa shape index (κ2) is 5.98. The molecule has 0 spiro atoms. The van der Waals surface area contributed by atoms with Crippen LogP contribution in [-0.4, -0.2) is 19.5 Å². The molecule has 0 heterocycles. The van der Waals surface area contributed by atoms with E-state index < -0.39 is 16.0 Å². The first-order valence-electron chi connectivity index (χ1n) is 6.34. The van der Waals surface area contributed by atoms with Crippen molar-refractivity contribution < 1.29 is 18.3 Å². The summed E-state index contributed by atoms with van der Waals surface area (Å²) in [5, 5.41) is 9.59. The lowest BCUT2D eigenvalue weighted by atomic mass is 10.2. The van der Waals surface area contributed by atoms with Gasteiger partial charge in [-0.2, -0.15) is 0 Å². The Balaban J connectivity index is 2.50. The van der Waals surface area contributed by atoms with Gasteiger partial charge < -0.3 is 5.11 Å². The van der Waals surface area contributed by atoms with Gasteiger partial charge in [-0.05, 0) is 49.2 Å². The van der Waals surface area contributed by atoms with E-state index in [2.05, 4.69) is 4.72 Å². The van der Waals surface area contributed by atoms with Gasteiger partial charge in [0, 0.05) is 5.02 Å². The van der Waals surface area contributed by atoms with Crippen molar-refractivity contribution in [3.63, 3.8) is 0 Å². The molecule has 2 aromatic carbocycles. The highest BCUT2D eigenvalue weighted by Crippen LogP contribution is 2.26. The predicted molar refractivity (Wildman–Crippen MR) is 85.1 cm³/mol. The number of aryl methyl sites for hydroxylation is 2. The van der Waals surface area contributed by atoms with Crippen molar-refractivity contribution in [2.75, 3.05) is 4.72 Å². The van der Waals surface area contributed by atoms with E-state index in [0.717, 1.165) is 0 Å². The number of carboxylic acids is 1. The van der Waals surface area contributed by atoms with Crippen LogP contribution in [0.5, 0.6) is 0 Å². The van der Waals surface area contributed by atoms with Gasteiger partial charge in [0.25, 0.3) is 10.0 Å². The molecule has 22 heavy (non-hydrogen) atoms. The van der Waals surface area contributed by atoms with Gasteiger partial charge in [-0.15, -0.1) is 0 Å². The SMILES string of the molecule is Cc1cc(S(=O)(=O)Nc2ccccc2C(=O)O)c(C)cc1Cl. The Kier molecular flexibility index (Phi) is 4.44. The van der Waals surface area contributed by atoms with E-state index in [1.165, 1.54) is 24.3 Å². The molecule has 0 fully saturated rings. The van der Waals surface area contributed by atoms with Crippen LogP contribution < -0.4 is 4.72 Å². The van der Waals surface area contributed by atoms with Gasteiger partial charge in [0.1, 0.15) is 0 Å². The lowest BCUT2D eigenvalue weighted by Gasteiger charge is -2.13.